The minimum absolute atomic E-state index is 0.0992. The molecule has 1 aliphatic rings. The Balaban J connectivity index is 1.48. The molecule has 4 rings (SSSR count). The van der Waals surface area contributed by atoms with Gasteiger partial charge in [0.05, 0.1) is 25.0 Å². The van der Waals surface area contributed by atoms with Gasteiger partial charge < -0.3 is 14.5 Å². The Kier molecular flexibility index (Phi) is 4.95. The summed E-state index contributed by atoms with van der Waals surface area (Å²) < 4.78 is 13.7. The minimum Gasteiger partial charge on any atom is -0.463 e. The lowest BCUT2D eigenvalue weighted by atomic mass is 10.4. The van der Waals surface area contributed by atoms with Crippen LogP contribution in [0, 0.1) is 0 Å². The Labute approximate surface area is 155 Å². The number of nitrogens with zero attached hydrogens (tertiary/aromatic N) is 4. The first-order valence-electron chi connectivity index (χ1n) is 9.23. The number of furan rings is 1. The number of amides is 1. The molecule has 0 spiro atoms. The van der Waals surface area contributed by atoms with E-state index in [9.17, 15) is 9.59 Å². The van der Waals surface area contributed by atoms with Gasteiger partial charge in [-0.25, -0.2) is 4.68 Å². The number of nitrogens with one attached hydrogen (secondary N) is 1. The van der Waals surface area contributed by atoms with Gasteiger partial charge in [-0.3, -0.25) is 18.9 Å². The number of hydrogen-bond acceptors (Lipinski definition) is 6. The largest absolute Gasteiger partial charge is 0.463 e. The average Bonchev–Trinajstić information content (AvgIpc) is 3.26. The summed E-state index contributed by atoms with van der Waals surface area (Å²) in [6, 6.07) is 3.51. The summed E-state index contributed by atoms with van der Waals surface area (Å²) in [5.41, 5.74) is 1.61. The van der Waals surface area contributed by atoms with Gasteiger partial charge in [-0.2, -0.15) is 5.10 Å². The predicted molar refractivity (Wildman–Crippen MR) is 98.9 cm³/mol. The zero-order valence-corrected chi connectivity index (χ0v) is 15.3. The van der Waals surface area contributed by atoms with Crippen molar-refractivity contribution in [2.45, 2.75) is 19.9 Å². The SMILES string of the molecule is CCc1nn(CC(=O)NCCN2CCOCC2)c(=O)c2cc3occc3n12. The van der Waals surface area contributed by atoms with Crippen molar-refractivity contribution in [1.82, 2.24) is 24.4 Å². The topological polar surface area (TPSA) is 94.0 Å². The standard InChI is InChI=1S/C18H23N5O4/c1-2-16-20-22(12-17(24)19-4-5-21-6-9-26-10-7-21)18(25)14-11-15-13(23(14)16)3-8-27-15/h3,8,11H,2,4-7,9-10,12H2,1H3,(H,19,24). The van der Waals surface area contributed by atoms with Crippen molar-refractivity contribution in [3.8, 4) is 0 Å². The van der Waals surface area contributed by atoms with E-state index in [1.54, 1.807) is 16.7 Å². The zero-order valence-electron chi connectivity index (χ0n) is 15.3. The number of morpholine rings is 1. The lowest BCUT2D eigenvalue weighted by Crippen LogP contribution is -2.42. The van der Waals surface area contributed by atoms with Gasteiger partial charge >= 0.3 is 0 Å². The minimum atomic E-state index is -0.304. The highest BCUT2D eigenvalue weighted by Gasteiger charge is 2.17. The Morgan fingerprint density at radius 1 is 1.30 bits per heavy atom. The third-order valence-corrected chi connectivity index (χ3v) is 4.83. The molecule has 0 saturated carbocycles. The van der Waals surface area contributed by atoms with Crippen LogP contribution in [0.4, 0.5) is 0 Å². The zero-order chi connectivity index (χ0) is 18.8. The van der Waals surface area contributed by atoms with Crippen molar-refractivity contribution < 1.29 is 13.9 Å². The maximum Gasteiger partial charge on any atom is 0.291 e. The molecule has 0 radical (unpaired) electrons. The maximum absolute atomic E-state index is 12.8. The van der Waals surface area contributed by atoms with E-state index in [-0.39, 0.29) is 18.0 Å². The van der Waals surface area contributed by atoms with Crippen LogP contribution in [0.3, 0.4) is 0 Å². The van der Waals surface area contributed by atoms with Gasteiger partial charge in [0.2, 0.25) is 5.91 Å². The summed E-state index contributed by atoms with van der Waals surface area (Å²) in [6.07, 6.45) is 2.22. The predicted octanol–water partition coefficient (Wildman–Crippen LogP) is 0.253. The van der Waals surface area contributed by atoms with E-state index in [4.69, 9.17) is 9.15 Å². The molecule has 4 heterocycles. The normalized spacial score (nSPS) is 15.6. The van der Waals surface area contributed by atoms with Gasteiger partial charge in [0.1, 0.15) is 17.9 Å². The van der Waals surface area contributed by atoms with E-state index in [1.165, 1.54) is 4.68 Å². The summed E-state index contributed by atoms with van der Waals surface area (Å²) in [6.45, 7) is 6.38. The van der Waals surface area contributed by atoms with E-state index in [0.717, 1.165) is 38.4 Å². The monoisotopic (exact) mass is 373 g/mol. The van der Waals surface area contributed by atoms with Crippen LogP contribution < -0.4 is 10.9 Å². The quantitative estimate of drug-likeness (QED) is 0.666. The number of carbonyl (C=O) groups excluding carboxylic acids is 1. The van der Waals surface area contributed by atoms with Gasteiger partial charge in [-0.05, 0) is 0 Å². The van der Waals surface area contributed by atoms with Crippen molar-refractivity contribution in [2.75, 3.05) is 39.4 Å². The molecule has 3 aromatic heterocycles. The lowest BCUT2D eigenvalue weighted by Gasteiger charge is -2.26. The number of ether oxygens (including phenoxy) is 1. The molecule has 0 unspecified atom stereocenters. The molecule has 1 N–H and O–H groups in total. The van der Waals surface area contributed by atoms with E-state index < -0.39 is 0 Å². The Hall–Kier alpha value is -2.65. The van der Waals surface area contributed by atoms with Crippen molar-refractivity contribution >= 4 is 22.5 Å². The van der Waals surface area contributed by atoms with Crippen LogP contribution in [-0.4, -0.2) is 64.4 Å². The van der Waals surface area contributed by atoms with Gasteiger partial charge in [0.15, 0.2) is 5.58 Å². The van der Waals surface area contributed by atoms with E-state index in [1.807, 2.05) is 13.0 Å². The lowest BCUT2D eigenvalue weighted by molar-refractivity contribution is -0.122. The number of aromatic nitrogens is 3. The second kappa shape index (κ2) is 7.53. The van der Waals surface area contributed by atoms with Crippen molar-refractivity contribution in [3.05, 3.63) is 34.6 Å². The van der Waals surface area contributed by atoms with Crippen molar-refractivity contribution in [3.63, 3.8) is 0 Å². The summed E-state index contributed by atoms with van der Waals surface area (Å²) in [4.78, 5) is 27.3. The second-order valence-electron chi connectivity index (χ2n) is 6.57. The maximum atomic E-state index is 12.8. The van der Waals surface area contributed by atoms with Gasteiger partial charge in [-0.15, -0.1) is 0 Å². The van der Waals surface area contributed by atoms with Gasteiger partial charge in [0.25, 0.3) is 5.56 Å². The molecule has 1 fully saturated rings. The molecule has 3 aromatic rings. The summed E-state index contributed by atoms with van der Waals surface area (Å²) in [7, 11) is 0. The fraction of sp³-hybridized carbons (Fsp3) is 0.500. The first kappa shape index (κ1) is 17.7. The van der Waals surface area contributed by atoms with E-state index in [0.29, 0.717) is 29.9 Å². The van der Waals surface area contributed by atoms with Gasteiger partial charge in [-0.1, -0.05) is 6.92 Å². The van der Waals surface area contributed by atoms with Gasteiger partial charge in [0, 0.05) is 44.7 Å². The summed E-state index contributed by atoms with van der Waals surface area (Å²) in [5.74, 6) is 0.488. The van der Waals surface area contributed by atoms with Crippen LogP contribution in [0.15, 0.2) is 27.6 Å². The summed E-state index contributed by atoms with van der Waals surface area (Å²) >= 11 is 0. The fourth-order valence-corrected chi connectivity index (χ4v) is 3.43. The van der Waals surface area contributed by atoms with Crippen LogP contribution in [0.25, 0.3) is 16.6 Å². The highest BCUT2D eigenvalue weighted by molar-refractivity contribution is 5.82. The number of hydrogen-bond donors (Lipinski definition) is 1. The molecule has 0 atom stereocenters. The Bertz CT molecular complexity index is 1010. The molecule has 0 aliphatic carbocycles. The number of aryl methyl sites for hydroxylation is 1. The van der Waals surface area contributed by atoms with Crippen LogP contribution in [0.2, 0.25) is 0 Å². The molecule has 1 saturated heterocycles. The van der Waals surface area contributed by atoms with E-state index in [2.05, 4.69) is 15.3 Å². The first-order chi connectivity index (χ1) is 13.2. The molecular weight excluding hydrogens is 350 g/mol. The first-order valence-corrected chi connectivity index (χ1v) is 9.23. The average molecular weight is 373 g/mol. The Morgan fingerprint density at radius 3 is 2.89 bits per heavy atom. The molecule has 144 valence electrons. The molecule has 27 heavy (non-hydrogen) atoms. The van der Waals surface area contributed by atoms with Crippen molar-refractivity contribution in [1.29, 1.82) is 0 Å². The molecule has 1 amide bonds. The molecule has 1 aliphatic heterocycles. The van der Waals surface area contributed by atoms with Crippen molar-refractivity contribution in [2.24, 2.45) is 0 Å². The van der Waals surface area contributed by atoms with Crippen LogP contribution in [0.5, 0.6) is 0 Å². The third kappa shape index (κ3) is 3.47. The smallest absolute Gasteiger partial charge is 0.291 e. The van der Waals surface area contributed by atoms with Crippen LogP contribution >= 0.6 is 0 Å². The second-order valence-corrected chi connectivity index (χ2v) is 6.57. The van der Waals surface area contributed by atoms with E-state index >= 15 is 0 Å². The number of fused-ring (bicyclic) bond motifs is 3. The molecule has 0 bridgehead atoms. The summed E-state index contributed by atoms with van der Waals surface area (Å²) in [5, 5.41) is 7.26. The molecule has 9 nitrogen and oxygen atoms in total. The fourth-order valence-electron chi connectivity index (χ4n) is 3.43. The number of carbonyl (C=O) groups is 1. The number of rotatable bonds is 6. The highest BCUT2D eigenvalue weighted by atomic mass is 16.5. The molecule has 0 aromatic carbocycles. The molecular formula is C18H23N5O4. The third-order valence-electron chi connectivity index (χ3n) is 4.83. The van der Waals surface area contributed by atoms with Crippen LogP contribution in [-0.2, 0) is 22.5 Å². The Morgan fingerprint density at radius 2 is 2.11 bits per heavy atom. The van der Waals surface area contributed by atoms with Crippen LogP contribution in [0.1, 0.15) is 12.7 Å². The highest BCUT2D eigenvalue weighted by Crippen LogP contribution is 2.20. The molecule has 9 heteroatoms.